The van der Waals surface area contributed by atoms with Gasteiger partial charge in [0.05, 0.1) is 28.3 Å². The predicted molar refractivity (Wildman–Crippen MR) is 159 cm³/mol. The maximum Gasteiger partial charge on any atom is 0.251 e. The predicted octanol–water partition coefficient (Wildman–Crippen LogP) is 2.95. The van der Waals surface area contributed by atoms with E-state index in [1.165, 1.54) is 29.5 Å². The largest absolute Gasteiger partial charge is 0.497 e. The molecule has 216 valence electrons. The summed E-state index contributed by atoms with van der Waals surface area (Å²) in [7, 11) is 1.29. The van der Waals surface area contributed by atoms with Crippen LogP contribution < -0.4 is 20.5 Å². The van der Waals surface area contributed by atoms with Gasteiger partial charge >= 0.3 is 0 Å². The lowest BCUT2D eigenvalue weighted by atomic mass is 10.0. The summed E-state index contributed by atoms with van der Waals surface area (Å²) in [5, 5.41) is 15.5. The van der Waals surface area contributed by atoms with Crippen LogP contribution in [0.5, 0.6) is 5.75 Å². The molecule has 4 aromatic rings. The van der Waals surface area contributed by atoms with Gasteiger partial charge in [-0.15, -0.1) is 11.3 Å². The number of nitrogens with two attached hydrogens (primary N) is 1. The zero-order valence-corrected chi connectivity index (χ0v) is 24.5. The number of carbonyl (C=O) groups excluding carboxylic acids is 1. The fraction of sp³-hybridized carbons (Fsp3) is 0.250. The summed E-state index contributed by atoms with van der Waals surface area (Å²) in [6.45, 7) is 1.08. The molecule has 0 radical (unpaired) electrons. The van der Waals surface area contributed by atoms with E-state index in [9.17, 15) is 13.2 Å². The summed E-state index contributed by atoms with van der Waals surface area (Å²) in [4.78, 5) is 19.3. The number of likely N-dealkylation sites (N-methyl/N-ethyl adjacent to an activating group) is 1. The average molecular weight is 597 g/mol. The van der Waals surface area contributed by atoms with Gasteiger partial charge in [0.25, 0.3) is 5.91 Å². The first-order chi connectivity index (χ1) is 19.6. The molecule has 41 heavy (non-hydrogen) atoms. The molecule has 1 amide bonds. The normalized spacial score (nSPS) is 12.9. The molecule has 4 rings (SSSR count). The number of sulfonamides is 1. The van der Waals surface area contributed by atoms with Crippen molar-refractivity contribution in [2.24, 2.45) is 10.9 Å². The highest BCUT2D eigenvalue weighted by Crippen LogP contribution is 2.32. The van der Waals surface area contributed by atoms with Crippen LogP contribution in [0.4, 0.5) is 0 Å². The van der Waals surface area contributed by atoms with E-state index in [4.69, 9.17) is 20.7 Å². The summed E-state index contributed by atoms with van der Waals surface area (Å²) in [6, 6.07) is 17.6. The number of amidine groups is 1. The number of thiazole rings is 1. The van der Waals surface area contributed by atoms with E-state index in [1.807, 2.05) is 37.2 Å². The number of ether oxygens (including phenoxy) is 1. The molecule has 11 nitrogen and oxygen atoms in total. The van der Waals surface area contributed by atoms with Crippen molar-refractivity contribution in [2.75, 3.05) is 34.3 Å². The van der Waals surface area contributed by atoms with Gasteiger partial charge in [0, 0.05) is 24.2 Å². The molecular weight excluding hydrogens is 564 g/mol. The van der Waals surface area contributed by atoms with Gasteiger partial charge in [-0.25, -0.2) is 18.1 Å². The van der Waals surface area contributed by atoms with Crippen LogP contribution in [0, 0.1) is 0 Å². The Bertz CT molecular complexity index is 1670. The van der Waals surface area contributed by atoms with Crippen molar-refractivity contribution in [3.8, 4) is 5.75 Å². The number of amides is 1. The smallest absolute Gasteiger partial charge is 0.251 e. The molecular formula is C28H32N6O5S2. The Morgan fingerprint density at radius 3 is 2.61 bits per heavy atom. The van der Waals surface area contributed by atoms with Gasteiger partial charge in [-0.1, -0.05) is 29.4 Å². The second-order valence-electron chi connectivity index (χ2n) is 9.54. The monoisotopic (exact) mass is 596 g/mol. The molecule has 13 heteroatoms. The number of rotatable bonds is 12. The molecule has 0 aliphatic heterocycles. The molecule has 0 spiro atoms. The summed E-state index contributed by atoms with van der Waals surface area (Å²) in [5.74, 6) is 0.245. The SMILES string of the molecule is COc1ccc2nc(C(Cc3cccc(C(N)=NO)c3)NS(=O)(=O)c3cccc(C(=O)NCCN(C)C)c3)sc2c1. The average Bonchev–Trinajstić information content (AvgIpc) is 3.40. The van der Waals surface area contributed by atoms with Crippen LogP contribution in [0.15, 0.2) is 76.8 Å². The number of nitrogens with zero attached hydrogens (tertiary/aromatic N) is 3. The Kier molecular flexibility index (Phi) is 9.55. The molecule has 1 aromatic heterocycles. The Balaban J connectivity index is 1.67. The van der Waals surface area contributed by atoms with Crippen LogP contribution in [0.25, 0.3) is 10.2 Å². The van der Waals surface area contributed by atoms with Crippen molar-refractivity contribution >= 4 is 43.3 Å². The Morgan fingerprint density at radius 2 is 1.88 bits per heavy atom. The maximum atomic E-state index is 13.7. The van der Waals surface area contributed by atoms with Gasteiger partial charge in [0.15, 0.2) is 5.84 Å². The third-order valence-corrected chi connectivity index (χ3v) is 8.83. The van der Waals surface area contributed by atoms with Gasteiger partial charge in [-0.2, -0.15) is 0 Å². The number of benzene rings is 3. The lowest BCUT2D eigenvalue weighted by Crippen LogP contribution is -2.32. The van der Waals surface area contributed by atoms with Crippen molar-refractivity contribution in [1.29, 1.82) is 0 Å². The third kappa shape index (κ3) is 7.58. The molecule has 0 fully saturated rings. The van der Waals surface area contributed by atoms with Crippen molar-refractivity contribution < 1.29 is 23.2 Å². The molecule has 1 atom stereocenters. The molecule has 0 aliphatic carbocycles. The third-order valence-electron chi connectivity index (χ3n) is 6.23. The minimum Gasteiger partial charge on any atom is -0.497 e. The lowest BCUT2D eigenvalue weighted by Gasteiger charge is -2.18. The van der Waals surface area contributed by atoms with Gasteiger partial charge < -0.3 is 25.9 Å². The van der Waals surface area contributed by atoms with Crippen LogP contribution in [0.2, 0.25) is 0 Å². The van der Waals surface area contributed by atoms with Crippen LogP contribution in [-0.2, 0) is 16.4 Å². The number of oxime groups is 1. The molecule has 0 saturated heterocycles. The number of carbonyl (C=O) groups is 1. The summed E-state index contributed by atoms with van der Waals surface area (Å²) in [6.07, 6.45) is 0.230. The van der Waals surface area contributed by atoms with Crippen LogP contribution in [0.1, 0.15) is 32.5 Å². The number of nitrogens with one attached hydrogen (secondary N) is 2. The molecule has 0 saturated carbocycles. The van der Waals surface area contributed by atoms with Crippen LogP contribution >= 0.6 is 11.3 Å². The van der Waals surface area contributed by atoms with Crippen molar-refractivity contribution in [2.45, 2.75) is 17.4 Å². The zero-order valence-electron chi connectivity index (χ0n) is 22.9. The molecule has 0 aliphatic rings. The van der Waals surface area contributed by atoms with E-state index < -0.39 is 16.1 Å². The van der Waals surface area contributed by atoms with Gasteiger partial charge in [0.1, 0.15) is 10.8 Å². The minimum atomic E-state index is -4.08. The number of fused-ring (bicyclic) bond motifs is 1. The van der Waals surface area contributed by atoms with Crippen LogP contribution in [-0.4, -0.2) is 69.5 Å². The summed E-state index contributed by atoms with van der Waals surface area (Å²) < 4.78 is 36.3. The first-order valence-corrected chi connectivity index (χ1v) is 15.0. The number of hydrogen-bond donors (Lipinski definition) is 4. The van der Waals surface area contributed by atoms with E-state index in [0.29, 0.717) is 34.9 Å². The van der Waals surface area contributed by atoms with Gasteiger partial charge in [-0.3, -0.25) is 4.79 Å². The van der Waals surface area contributed by atoms with Crippen molar-refractivity contribution in [3.63, 3.8) is 0 Å². The number of methoxy groups -OCH3 is 1. The molecule has 0 bridgehead atoms. The molecule has 1 heterocycles. The highest BCUT2D eigenvalue weighted by Gasteiger charge is 2.26. The van der Waals surface area contributed by atoms with Gasteiger partial charge in [-0.05, 0) is 68.5 Å². The molecule has 1 unspecified atom stereocenters. The highest BCUT2D eigenvalue weighted by atomic mass is 32.2. The standard InChI is InChI=1S/C28H32N6O5S2/c1-34(2)13-12-30-27(35)20-8-5-9-22(16-20)41(37,38)33-24(15-18-6-4-7-19(14-18)26(29)32-36)28-31-23-11-10-21(39-3)17-25(23)40-28/h4-11,14,16-17,24,33,36H,12-13,15H2,1-3H3,(H2,29,32)(H,30,35). The second kappa shape index (κ2) is 13.1. The maximum absolute atomic E-state index is 13.7. The number of aromatic nitrogens is 1. The Labute approximate surface area is 242 Å². The van der Waals surface area contributed by atoms with E-state index in [2.05, 4.69) is 15.2 Å². The Hall–Kier alpha value is -4.04. The van der Waals surface area contributed by atoms with E-state index in [1.54, 1.807) is 37.4 Å². The minimum absolute atomic E-state index is 0.0454. The van der Waals surface area contributed by atoms with Crippen molar-refractivity contribution in [3.05, 3.63) is 88.4 Å². The first kappa shape index (κ1) is 29.9. The zero-order chi connectivity index (χ0) is 29.6. The van der Waals surface area contributed by atoms with E-state index in [0.717, 1.165) is 10.3 Å². The highest BCUT2D eigenvalue weighted by molar-refractivity contribution is 7.89. The fourth-order valence-electron chi connectivity index (χ4n) is 4.08. The second-order valence-corrected chi connectivity index (χ2v) is 12.3. The fourth-order valence-corrected chi connectivity index (χ4v) is 6.45. The van der Waals surface area contributed by atoms with E-state index in [-0.39, 0.29) is 28.6 Å². The molecule has 3 aromatic carbocycles. The summed E-state index contributed by atoms with van der Waals surface area (Å²) in [5.41, 5.74) is 7.96. The Morgan fingerprint density at radius 1 is 1.12 bits per heavy atom. The number of hydrogen-bond acceptors (Lipinski definition) is 9. The van der Waals surface area contributed by atoms with Crippen LogP contribution in [0.3, 0.4) is 0 Å². The topological polar surface area (TPSA) is 159 Å². The van der Waals surface area contributed by atoms with Crippen molar-refractivity contribution in [1.82, 2.24) is 19.9 Å². The van der Waals surface area contributed by atoms with Gasteiger partial charge in [0.2, 0.25) is 10.0 Å². The first-order valence-electron chi connectivity index (χ1n) is 12.7. The quantitative estimate of drug-likeness (QED) is 0.0841. The molecule has 5 N–H and O–H groups in total. The summed E-state index contributed by atoms with van der Waals surface area (Å²) >= 11 is 1.35. The lowest BCUT2D eigenvalue weighted by molar-refractivity contribution is 0.0951. The van der Waals surface area contributed by atoms with E-state index >= 15 is 0 Å².